The lowest BCUT2D eigenvalue weighted by Crippen LogP contribution is -2.20. The van der Waals surface area contributed by atoms with E-state index in [9.17, 15) is 8.78 Å². The van der Waals surface area contributed by atoms with Crippen molar-refractivity contribution in [3.63, 3.8) is 0 Å². The number of hydrogen-bond acceptors (Lipinski definition) is 0. The van der Waals surface area contributed by atoms with E-state index in [1.807, 2.05) is 0 Å². The molecule has 1 aromatic carbocycles. The van der Waals surface area contributed by atoms with Gasteiger partial charge < -0.3 is 0 Å². The predicted molar refractivity (Wildman–Crippen MR) is 78.0 cm³/mol. The van der Waals surface area contributed by atoms with Crippen molar-refractivity contribution in [1.29, 1.82) is 0 Å². The maximum absolute atomic E-state index is 13.2. The molecule has 0 bridgehead atoms. The monoisotopic (exact) mass is 281 g/mol. The van der Waals surface area contributed by atoms with Crippen LogP contribution in [0.15, 0.2) is 18.2 Å². The third kappa shape index (κ3) is 4.13. The highest BCUT2D eigenvalue weighted by Gasteiger charge is 2.23. The van der Waals surface area contributed by atoms with E-state index in [0.717, 1.165) is 5.56 Å². The summed E-state index contributed by atoms with van der Waals surface area (Å²) in [4.78, 5) is 0. The zero-order chi connectivity index (χ0) is 13.7. The van der Waals surface area contributed by atoms with Gasteiger partial charge in [-0.3, -0.25) is 0 Å². The summed E-state index contributed by atoms with van der Waals surface area (Å²) >= 11 is 0. The lowest BCUT2D eigenvalue weighted by molar-refractivity contribution is 0.502. The lowest BCUT2D eigenvalue weighted by atomic mass is 9.93. The van der Waals surface area contributed by atoms with Gasteiger partial charge in [-0.25, -0.2) is 8.78 Å². The third-order valence-electron chi connectivity index (χ3n) is 4.24. The van der Waals surface area contributed by atoms with E-state index in [0.29, 0.717) is 5.92 Å². The lowest BCUT2D eigenvalue weighted by Gasteiger charge is -2.27. The molecule has 0 nitrogen and oxygen atoms in total. The Balaban J connectivity index is 1.84. The molecule has 0 amide bonds. The minimum atomic E-state index is -0.733. The molecular weight excluding hydrogens is 258 g/mol. The van der Waals surface area contributed by atoms with Crippen LogP contribution in [0, 0.1) is 11.6 Å². The molecule has 0 spiro atoms. The smallest absolute Gasteiger partial charge is 0.159 e. The molecule has 0 aromatic heterocycles. The summed E-state index contributed by atoms with van der Waals surface area (Å²) in [6.45, 7) is 2.25. The molecule has 1 aromatic rings. The number of hydrogen-bond donors (Lipinski definition) is 0. The van der Waals surface area contributed by atoms with Crippen LogP contribution in [-0.2, 0) is 0 Å². The molecule has 1 aliphatic rings. The first kappa shape index (κ1) is 14.7. The second-order valence-electron chi connectivity index (χ2n) is 5.65. The molecule has 1 aliphatic heterocycles. The van der Waals surface area contributed by atoms with Gasteiger partial charge in [0.1, 0.15) is 0 Å². The van der Waals surface area contributed by atoms with Crippen LogP contribution in [0.1, 0.15) is 50.5 Å². The van der Waals surface area contributed by atoms with Gasteiger partial charge in [0.2, 0.25) is 0 Å². The van der Waals surface area contributed by atoms with Crippen molar-refractivity contribution >= 4 is 8.80 Å². The molecule has 1 saturated heterocycles. The molecule has 0 atom stereocenters. The molecule has 0 unspecified atom stereocenters. The maximum atomic E-state index is 13.2. The Morgan fingerprint density at radius 3 is 2.47 bits per heavy atom. The van der Waals surface area contributed by atoms with Crippen LogP contribution >= 0.6 is 0 Å². The molecule has 1 fully saturated rings. The molecule has 1 heterocycles. The van der Waals surface area contributed by atoms with E-state index < -0.39 is 11.6 Å². The summed E-state index contributed by atoms with van der Waals surface area (Å²) in [5.74, 6) is -0.976. The van der Waals surface area contributed by atoms with Crippen LogP contribution in [0.3, 0.4) is 0 Å². The zero-order valence-electron chi connectivity index (χ0n) is 11.7. The Morgan fingerprint density at radius 2 is 1.84 bits per heavy atom. The molecule has 1 radical (unpaired) electrons. The standard InChI is InChI=1S/C16H23F2Si/c1-2-3-4-9-19-10-7-13(8-11-19)14-5-6-15(17)16(18)12-14/h5-6,12-13H,2-4,7-11H2,1H3. The van der Waals surface area contributed by atoms with E-state index in [1.165, 1.54) is 62.4 Å². The van der Waals surface area contributed by atoms with Gasteiger partial charge in [0.15, 0.2) is 11.6 Å². The molecule has 105 valence electrons. The highest BCUT2D eigenvalue weighted by molar-refractivity contribution is 6.59. The van der Waals surface area contributed by atoms with Gasteiger partial charge in [0.25, 0.3) is 0 Å². The van der Waals surface area contributed by atoms with Crippen LogP contribution < -0.4 is 0 Å². The number of rotatable bonds is 5. The molecule has 0 N–H and O–H groups in total. The van der Waals surface area contributed by atoms with Crippen molar-refractivity contribution < 1.29 is 8.78 Å². The van der Waals surface area contributed by atoms with E-state index >= 15 is 0 Å². The molecule has 0 saturated carbocycles. The number of unbranched alkanes of at least 4 members (excludes halogenated alkanes) is 2. The summed E-state index contributed by atoms with van der Waals surface area (Å²) in [7, 11) is -0.146. The molecule has 0 aliphatic carbocycles. The van der Waals surface area contributed by atoms with Crippen molar-refractivity contribution in [3.05, 3.63) is 35.4 Å². The molecule has 3 heteroatoms. The SMILES string of the molecule is CCCCC[Si]1CCC(c2ccc(F)c(F)c2)CC1. The van der Waals surface area contributed by atoms with Crippen molar-refractivity contribution in [2.45, 2.75) is 63.1 Å². The minimum absolute atomic E-state index is 0.146. The Morgan fingerprint density at radius 1 is 1.11 bits per heavy atom. The van der Waals surface area contributed by atoms with Gasteiger partial charge in [-0.1, -0.05) is 50.4 Å². The second-order valence-corrected chi connectivity index (χ2v) is 8.65. The predicted octanol–water partition coefficient (Wildman–Crippen LogP) is 5.53. The Hall–Kier alpha value is -0.703. The maximum Gasteiger partial charge on any atom is 0.159 e. The molecule has 19 heavy (non-hydrogen) atoms. The summed E-state index contributed by atoms with van der Waals surface area (Å²) in [6, 6.07) is 8.57. The van der Waals surface area contributed by atoms with E-state index in [4.69, 9.17) is 0 Å². The third-order valence-corrected chi connectivity index (χ3v) is 7.29. The van der Waals surface area contributed by atoms with Crippen LogP contribution in [0.2, 0.25) is 18.1 Å². The summed E-state index contributed by atoms with van der Waals surface area (Å²) in [5, 5.41) is 0. The van der Waals surface area contributed by atoms with Crippen LogP contribution in [0.25, 0.3) is 0 Å². The average Bonchev–Trinajstić information content (AvgIpc) is 2.43. The largest absolute Gasteiger partial charge is 0.204 e. The van der Waals surface area contributed by atoms with Crippen LogP contribution in [0.5, 0.6) is 0 Å². The zero-order valence-corrected chi connectivity index (χ0v) is 12.7. The van der Waals surface area contributed by atoms with Crippen molar-refractivity contribution in [1.82, 2.24) is 0 Å². The number of benzene rings is 1. The second kappa shape index (κ2) is 7.18. The average molecular weight is 281 g/mol. The Kier molecular flexibility index (Phi) is 5.55. The fraction of sp³-hybridized carbons (Fsp3) is 0.625. The quantitative estimate of drug-likeness (QED) is 0.492. The normalized spacial score (nSPS) is 17.8. The van der Waals surface area contributed by atoms with E-state index in [2.05, 4.69) is 6.92 Å². The van der Waals surface area contributed by atoms with Gasteiger partial charge in [0.05, 0.1) is 0 Å². The van der Waals surface area contributed by atoms with Crippen molar-refractivity contribution in [3.8, 4) is 0 Å². The first-order chi connectivity index (χ1) is 9.20. The van der Waals surface area contributed by atoms with Crippen LogP contribution in [-0.4, -0.2) is 8.80 Å². The van der Waals surface area contributed by atoms with Crippen LogP contribution in [0.4, 0.5) is 8.78 Å². The highest BCUT2D eigenvalue weighted by Crippen LogP contribution is 2.35. The first-order valence-corrected chi connectivity index (χ1v) is 9.61. The summed E-state index contributed by atoms with van der Waals surface area (Å²) < 4.78 is 26.2. The Bertz CT molecular complexity index is 398. The van der Waals surface area contributed by atoms with Crippen molar-refractivity contribution in [2.75, 3.05) is 0 Å². The van der Waals surface area contributed by atoms with E-state index in [1.54, 1.807) is 6.07 Å². The molecule has 2 rings (SSSR count). The van der Waals surface area contributed by atoms with Gasteiger partial charge >= 0.3 is 0 Å². The fourth-order valence-electron chi connectivity index (χ4n) is 3.00. The molecular formula is C16H23F2Si. The fourth-order valence-corrected chi connectivity index (χ4v) is 6.01. The van der Waals surface area contributed by atoms with E-state index in [-0.39, 0.29) is 8.80 Å². The minimum Gasteiger partial charge on any atom is -0.204 e. The Labute approximate surface area is 116 Å². The summed E-state index contributed by atoms with van der Waals surface area (Å²) in [6.07, 6.45) is 6.39. The van der Waals surface area contributed by atoms with Gasteiger partial charge in [-0.2, -0.15) is 0 Å². The summed E-state index contributed by atoms with van der Waals surface area (Å²) in [5.41, 5.74) is 0.994. The van der Waals surface area contributed by atoms with Gasteiger partial charge in [-0.05, 0) is 36.5 Å². The topological polar surface area (TPSA) is 0 Å². The first-order valence-electron chi connectivity index (χ1n) is 7.49. The number of halogens is 2. The van der Waals surface area contributed by atoms with Gasteiger partial charge in [0, 0.05) is 8.80 Å². The van der Waals surface area contributed by atoms with Crippen molar-refractivity contribution in [2.24, 2.45) is 0 Å². The van der Waals surface area contributed by atoms with Gasteiger partial charge in [-0.15, -0.1) is 0 Å². The highest BCUT2D eigenvalue weighted by atomic mass is 28.3.